The van der Waals surface area contributed by atoms with Crippen LogP contribution in [0.1, 0.15) is 19.4 Å². The number of piperazine rings is 1. The third kappa shape index (κ3) is 3.50. The van der Waals surface area contributed by atoms with Crippen LogP contribution in [0, 0.1) is 0 Å². The average Bonchev–Trinajstić information content (AvgIpc) is 2.45. The molecule has 1 heterocycles. The maximum Gasteiger partial charge on any atom is 0.318 e. The fourth-order valence-electron chi connectivity index (χ4n) is 2.29. The van der Waals surface area contributed by atoms with E-state index in [1.165, 1.54) is 0 Å². The van der Waals surface area contributed by atoms with Crippen LogP contribution in [0.5, 0.6) is 0 Å². The number of carbonyl (C=O) groups is 2. The zero-order chi connectivity index (χ0) is 14.5. The quantitative estimate of drug-likeness (QED) is 0.907. The second-order valence-corrected chi connectivity index (χ2v) is 5.25. The van der Waals surface area contributed by atoms with Crippen LogP contribution in [0.25, 0.3) is 0 Å². The lowest BCUT2D eigenvalue weighted by atomic mass is 10.2. The van der Waals surface area contributed by atoms with E-state index in [1.807, 2.05) is 44.2 Å². The molecule has 1 aromatic carbocycles. The normalized spacial score (nSPS) is 15.7. The van der Waals surface area contributed by atoms with Crippen LogP contribution in [-0.2, 0) is 11.3 Å². The van der Waals surface area contributed by atoms with E-state index in [1.54, 1.807) is 9.80 Å². The van der Waals surface area contributed by atoms with Gasteiger partial charge in [-0.3, -0.25) is 4.79 Å². The number of hydrogen-bond acceptors (Lipinski definition) is 2. The van der Waals surface area contributed by atoms with E-state index in [0.29, 0.717) is 19.6 Å². The summed E-state index contributed by atoms with van der Waals surface area (Å²) in [5, 5.41) is 2.85. The number of carbonyl (C=O) groups excluding carboxylic acids is 2. The lowest BCUT2D eigenvalue weighted by Crippen LogP contribution is -2.56. The Morgan fingerprint density at radius 2 is 1.95 bits per heavy atom. The summed E-state index contributed by atoms with van der Waals surface area (Å²) < 4.78 is 0. The van der Waals surface area contributed by atoms with Crippen LogP contribution in [0.2, 0.25) is 0 Å². The lowest BCUT2D eigenvalue weighted by molar-refractivity contribution is -0.136. The van der Waals surface area contributed by atoms with Crippen molar-refractivity contribution in [2.45, 2.75) is 26.4 Å². The van der Waals surface area contributed by atoms with Crippen molar-refractivity contribution in [2.24, 2.45) is 0 Å². The molecule has 0 radical (unpaired) electrons. The fraction of sp³-hybridized carbons (Fsp3) is 0.467. The molecule has 0 aliphatic carbocycles. The molecule has 3 amide bonds. The standard InChI is InChI=1S/C15H21N3O2/c1-12(2)18-9-8-17(11-14(18)19)15(20)16-10-13-6-4-3-5-7-13/h3-7,12H,8-11H2,1-2H3,(H,16,20). The number of nitrogens with one attached hydrogen (secondary N) is 1. The van der Waals surface area contributed by atoms with Gasteiger partial charge in [0.2, 0.25) is 5.91 Å². The van der Waals surface area contributed by atoms with E-state index >= 15 is 0 Å². The topological polar surface area (TPSA) is 52.6 Å². The minimum absolute atomic E-state index is 0.0149. The molecule has 0 aromatic heterocycles. The number of hydrogen-bond donors (Lipinski definition) is 1. The third-order valence-electron chi connectivity index (χ3n) is 3.45. The van der Waals surface area contributed by atoms with Gasteiger partial charge in [0.05, 0.1) is 0 Å². The Morgan fingerprint density at radius 3 is 2.55 bits per heavy atom. The van der Waals surface area contributed by atoms with Crippen molar-refractivity contribution in [1.82, 2.24) is 15.1 Å². The van der Waals surface area contributed by atoms with Crippen LogP contribution >= 0.6 is 0 Å². The van der Waals surface area contributed by atoms with E-state index in [2.05, 4.69) is 5.32 Å². The lowest BCUT2D eigenvalue weighted by Gasteiger charge is -2.36. The fourth-order valence-corrected chi connectivity index (χ4v) is 2.29. The molecule has 1 aliphatic rings. The highest BCUT2D eigenvalue weighted by molar-refractivity contribution is 5.85. The van der Waals surface area contributed by atoms with Gasteiger partial charge in [-0.05, 0) is 19.4 Å². The van der Waals surface area contributed by atoms with E-state index in [-0.39, 0.29) is 24.5 Å². The summed E-state index contributed by atoms with van der Waals surface area (Å²) in [5.41, 5.74) is 1.05. The van der Waals surface area contributed by atoms with Crippen LogP contribution in [0.3, 0.4) is 0 Å². The van der Waals surface area contributed by atoms with Crippen LogP contribution in [-0.4, -0.2) is 47.4 Å². The van der Waals surface area contributed by atoms with Crippen molar-refractivity contribution in [2.75, 3.05) is 19.6 Å². The Labute approximate surface area is 119 Å². The van der Waals surface area contributed by atoms with Gasteiger partial charge in [-0.15, -0.1) is 0 Å². The average molecular weight is 275 g/mol. The molecule has 108 valence electrons. The van der Waals surface area contributed by atoms with E-state index in [9.17, 15) is 9.59 Å². The number of benzene rings is 1. The minimum atomic E-state index is -0.175. The first-order valence-corrected chi connectivity index (χ1v) is 6.94. The van der Waals surface area contributed by atoms with E-state index < -0.39 is 0 Å². The predicted octanol–water partition coefficient (Wildman–Crippen LogP) is 1.45. The van der Waals surface area contributed by atoms with Crippen LogP contribution in [0.15, 0.2) is 30.3 Å². The summed E-state index contributed by atoms with van der Waals surface area (Å²) in [6.07, 6.45) is 0. The van der Waals surface area contributed by atoms with Gasteiger partial charge in [-0.1, -0.05) is 30.3 Å². The maximum atomic E-state index is 12.0. The molecule has 20 heavy (non-hydrogen) atoms. The third-order valence-corrected chi connectivity index (χ3v) is 3.45. The van der Waals surface area contributed by atoms with Crippen molar-refractivity contribution < 1.29 is 9.59 Å². The molecular weight excluding hydrogens is 254 g/mol. The number of urea groups is 1. The molecule has 0 spiro atoms. The monoisotopic (exact) mass is 275 g/mol. The zero-order valence-corrected chi connectivity index (χ0v) is 12.0. The Morgan fingerprint density at radius 1 is 1.25 bits per heavy atom. The number of amides is 3. The van der Waals surface area contributed by atoms with Crippen molar-refractivity contribution in [3.63, 3.8) is 0 Å². The Balaban J connectivity index is 1.84. The molecule has 1 saturated heterocycles. The molecule has 1 aliphatic heterocycles. The van der Waals surface area contributed by atoms with Gasteiger partial charge in [0, 0.05) is 25.7 Å². The number of nitrogens with zero attached hydrogens (tertiary/aromatic N) is 2. The highest BCUT2D eigenvalue weighted by Gasteiger charge is 2.28. The molecule has 1 fully saturated rings. The van der Waals surface area contributed by atoms with E-state index in [4.69, 9.17) is 0 Å². The highest BCUT2D eigenvalue weighted by Crippen LogP contribution is 2.08. The Hall–Kier alpha value is -2.04. The molecule has 5 heteroatoms. The van der Waals surface area contributed by atoms with Gasteiger partial charge < -0.3 is 15.1 Å². The first kappa shape index (κ1) is 14.4. The van der Waals surface area contributed by atoms with Gasteiger partial charge in [0.15, 0.2) is 0 Å². The van der Waals surface area contributed by atoms with Gasteiger partial charge in [-0.2, -0.15) is 0 Å². The molecule has 1 aromatic rings. The zero-order valence-electron chi connectivity index (χ0n) is 12.0. The molecule has 0 unspecified atom stereocenters. The molecule has 5 nitrogen and oxygen atoms in total. The molecule has 2 rings (SSSR count). The second kappa shape index (κ2) is 6.41. The Kier molecular flexibility index (Phi) is 4.61. The molecule has 1 N–H and O–H groups in total. The summed E-state index contributed by atoms with van der Waals surface area (Å²) in [5.74, 6) is 0.0149. The Bertz CT molecular complexity index is 473. The van der Waals surface area contributed by atoms with Crippen molar-refractivity contribution >= 4 is 11.9 Å². The predicted molar refractivity (Wildman–Crippen MR) is 77.1 cm³/mol. The first-order chi connectivity index (χ1) is 9.58. The van der Waals surface area contributed by atoms with Crippen LogP contribution < -0.4 is 5.32 Å². The smallest absolute Gasteiger partial charge is 0.318 e. The first-order valence-electron chi connectivity index (χ1n) is 6.94. The molecule has 0 atom stereocenters. The van der Waals surface area contributed by atoms with Crippen molar-refractivity contribution in [3.05, 3.63) is 35.9 Å². The van der Waals surface area contributed by atoms with Gasteiger partial charge in [-0.25, -0.2) is 4.79 Å². The minimum Gasteiger partial charge on any atom is -0.337 e. The van der Waals surface area contributed by atoms with E-state index in [0.717, 1.165) is 5.56 Å². The summed E-state index contributed by atoms with van der Waals surface area (Å²) in [7, 11) is 0. The van der Waals surface area contributed by atoms with Gasteiger partial charge in [0.25, 0.3) is 0 Å². The van der Waals surface area contributed by atoms with Crippen LogP contribution in [0.4, 0.5) is 4.79 Å². The summed E-state index contributed by atoms with van der Waals surface area (Å²) in [4.78, 5) is 27.3. The summed E-state index contributed by atoms with van der Waals surface area (Å²) >= 11 is 0. The highest BCUT2D eigenvalue weighted by atomic mass is 16.2. The summed E-state index contributed by atoms with van der Waals surface area (Å²) in [6.45, 7) is 5.82. The van der Waals surface area contributed by atoms with Gasteiger partial charge in [0.1, 0.15) is 6.54 Å². The SMILES string of the molecule is CC(C)N1CCN(C(=O)NCc2ccccc2)CC1=O. The molecular formula is C15H21N3O2. The van der Waals surface area contributed by atoms with Crippen molar-refractivity contribution in [3.8, 4) is 0 Å². The second-order valence-electron chi connectivity index (χ2n) is 5.25. The molecule has 0 saturated carbocycles. The maximum absolute atomic E-state index is 12.0. The largest absolute Gasteiger partial charge is 0.337 e. The van der Waals surface area contributed by atoms with Crippen molar-refractivity contribution in [1.29, 1.82) is 0 Å². The summed E-state index contributed by atoms with van der Waals surface area (Å²) in [6, 6.07) is 9.75. The van der Waals surface area contributed by atoms with Gasteiger partial charge >= 0.3 is 6.03 Å². The molecule has 0 bridgehead atoms. The number of rotatable bonds is 3.